The third-order valence-electron chi connectivity index (χ3n) is 3.78. The van der Waals surface area contributed by atoms with Crippen molar-refractivity contribution in [2.45, 2.75) is 71.3 Å². The number of hydrogen-bond acceptors (Lipinski definition) is 2. The van der Waals surface area contributed by atoms with Crippen LogP contribution < -0.4 is 5.73 Å². The summed E-state index contributed by atoms with van der Waals surface area (Å²) in [6, 6.07) is 0. The van der Waals surface area contributed by atoms with Gasteiger partial charge in [0.25, 0.3) is 0 Å². The van der Waals surface area contributed by atoms with Crippen LogP contribution in [0.2, 0.25) is 0 Å². The van der Waals surface area contributed by atoms with Crippen molar-refractivity contribution in [1.29, 1.82) is 0 Å². The van der Waals surface area contributed by atoms with Gasteiger partial charge in [-0.2, -0.15) is 0 Å². The molecule has 3 nitrogen and oxygen atoms in total. The van der Waals surface area contributed by atoms with E-state index >= 15 is 0 Å². The molecule has 1 aromatic heterocycles. The molecule has 1 saturated carbocycles. The van der Waals surface area contributed by atoms with Crippen LogP contribution in [-0.4, -0.2) is 9.55 Å². The molecule has 2 rings (SSSR count). The van der Waals surface area contributed by atoms with Crippen molar-refractivity contribution in [3.63, 3.8) is 0 Å². The van der Waals surface area contributed by atoms with E-state index in [1.54, 1.807) is 0 Å². The Kier molecular flexibility index (Phi) is 4.08. The smallest absolute Gasteiger partial charge is 0.127 e. The van der Waals surface area contributed by atoms with E-state index < -0.39 is 0 Å². The monoisotopic (exact) mass is 235 g/mol. The normalized spacial score (nSPS) is 16.8. The first-order valence-corrected chi connectivity index (χ1v) is 7.12. The Bertz CT molecular complexity index is 362. The van der Waals surface area contributed by atoms with Crippen molar-refractivity contribution in [3.8, 4) is 0 Å². The Morgan fingerprint density at radius 1 is 1.24 bits per heavy atom. The minimum Gasteiger partial charge on any atom is -0.384 e. The van der Waals surface area contributed by atoms with Gasteiger partial charge in [0.1, 0.15) is 11.6 Å². The zero-order valence-electron chi connectivity index (χ0n) is 11.2. The molecule has 96 valence electrons. The zero-order chi connectivity index (χ0) is 12.3. The number of aryl methyl sites for hydroxylation is 1. The summed E-state index contributed by atoms with van der Waals surface area (Å²) in [6.07, 6.45) is 8.56. The molecule has 1 aromatic rings. The largest absolute Gasteiger partial charge is 0.384 e. The predicted octanol–water partition coefficient (Wildman–Crippen LogP) is 3.49. The van der Waals surface area contributed by atoms with Crippen molar-refractivity contribution in [3.05, 3.63) is 11.5 Å². The van der Waals surface area contributed by atoms with Gasteiger partial charge < -0.3 is 10.3 Å². The summed E-state index contributed by atoms with van der Waals surface area (Å²) in [5.74, 6) is 2.78. The highest BCUT2D eigenvalue weighted by Gasteiger charge is 2.24. The molecule has 1 heterocycles. The average Bonchev–Trinajstić information content (AvgIpc) is 2.92. The first-order valence-electron chi connectivity index (χ1n) is 7.12. The van der Waals surface area contributed by atoms with E-state index in [-0.39, 0.29) is 0 Å². The molecule has 0 aromatic carbocycles. The first kappa shape index (κ1) is 12.5. The molecule has 0 unspecified atom stereocenters. The number of nitrogen functional groups attached to an aromatic ring is 1. The number of aromatic nitrogens is 2. The van der Waals surface area contributed by atoms with Crippen LogP contribution >= 0.6 is 0 Å². The number of nitrogens with two attached hydrogens (primary N) is 1. The lowest BCUT2D eigenvalue weighted by Crippen LogP contribution is -2.07. The SMILES string of the molecule is CCCc1nc(C2CCCC2)c(N)n1CCC. The lowest BCUT2D eigenvalue weighted by Gasteiger charge is -2.09. The quantitative estimate of drug-likeness (QED) is 0.849. The maximum absolute atomic E-state index is 6.30. The van der Waals surface area contributed by atoms with Gasteiger partial charge in [0.05, 0.1) is 5.69 Å². The lowest BCUT2D eigenvalue weighted by molar-refractivity contribution is 0.637. The molecule has 1 aliphatic rings. The van der Waals surface area contributed by atoms with Gasteiger partial charge in [-0.3, -0.25) is 0 Å². The van der Waals surface area contributed by atoms with Crippen LogP contribution in [0, 0.1) is 0 Å². The van der Waals surface area contributed by atoms with Crippen LogP contribution in [0.15, 0.2) is 0 Å². The van der Waals surface area contributed by atoms with E-state index in [1.165, 1.54) is 37.2 Å². The van der Waals surface area contributed by atoms with Crippen LogP contribution in [0.5, 0.6) is 0 Å². The minimum atomic E-state index is 0.628. The van der Waals surface area contributed by atoms with E-state index in [0.717, 1.165) is 31.6 Å². The second kappa shape index (κ2) is 5.56. The molecule has 17 heavy (non-hydrogen) atoms. The van der Waals surface area contributed by atoms with Gasteiger partial charge in [-0.1, -0.05) is 26.7 Å². The van der Waals surface area contributed by atoms with Crippen molar-refractivity contribution in [1.82, 2.24) is 9.55 Å². The van der Waals surface area contributed by atoms with Gasteiger partial charge >= 0.3 is 0 Å². The van der Waals surface area contributed by atoms with E-state index in [0.29, 0.717) is 5.92 Å². The molecule has 1 fully saturated rings. The summed E-state index contributed by atoms with van der Waals surface area (Å²) in [4.78, 5) is 4.84. The van der Waals surface area contributed by atoms with Crippen LogP contribution in [0.1, 0.15) is 69.8 Å². The van der Waals surface area contributed by atoms with Gasteiger partial charge in [-0.05, 0) is 25.7 Å². The summed E-state index contributed by atoms with van der Waals surface area (Å²) in [6.45, 7) is 5.42. The minimum absolute atomic E-state index is 0.628. The number of imidazole rings is 1. The predicted molar refractivity (Wildman–Crippen MR) is 72.1 cm³/mol. The van der Waals surface area contributed by atoms with Gasteiger partial charge in [0.2, 0.25) is 0 Å². The Labute approximate surface area is 104 Å². The second-order valence-electron chi connectivity index (χ2n) is 5.18. The summed E-state index contributed by atoms with van der Waals surface area (Å²) < 4.78 is 2.25. The fourth-order valence-electron chi connectivity index (χ4n) is 2.92. The number of anilines is 1. The van der Waals surface area contributed by atoms with Crippen LogP contribution in [-0.2, 0) is 13.0 Å². The van der Waals surface area contributed by atoms with Crippen LogP contribution in [0.3, 0.4) is 0 Å². The second-order valence-corrected chi connectivity index (χ2v) is 5.18. The first-order chi connectivity index (χ1) is 8.27. The van der Waals surface area contributed by atoms with Gasteiger partial charge in [-0.25, -0.2) is 4.98 Å². The van der Waals surface area contributed by atoms with Crippen LogP contribution in [0.4, 0.5) is 5.82 Å². The highest BCUT2D eigenvalue weighted by Crippen LogP contribution is 2.36. The summed E-state index contributed by atoms with van der Waals surface area (Å²) in [5, 5.41) is 0. The molecule has 2 N–H and O–H groups in total. The highest BCUT2D eigenvalue weighted by molar-refractivity contribution is 5.41. The molecule has 0 bridgehead atoms. The number of hydrogen-bond donors (Lipinski definition) is 1. The maximum atomic E-state index is 6.30. The average molecular weight is 235 g/mol. The van der Waals surface area contributed by atoms with Crippen molar-refractivity contribution in [2.75, 3.05) is 5.73 Å². The number of rotatable bonds is 5. The van der Waals surface area contributed by atoms with Crippen molar-refractivity contribution >= 4 is 5.82 Å². The van der Waals surface area contributed by atoms with Gasteiger partial charge in [-0.15, -0.1) is 0 Å². The Balaban J connectivity index is 2.29. The molecular weight excluding hydrogens is 210 g/mol. The van der Waals surface area contributed by atoms with E-state index in [9.17, 15) is 0 Å². The molecule has 1 aliphatic carbocycles. The Hall–Kier alpha value is -0.990. The third-order valence-corrected chi connectivity index (χ3v) is 3.78. The summed E-state index contributed by atoms with van der Waals surface area (Å²) >= 11 is 0. The Morgan fingerprint density at radius 3 is 2.53 bits per heavy atom. The Morgan fingerprint density at radius 2 is 1.94 bits per heavy atom. The van der Waals surface area contributed by atoms with E-state index in [4.69, 9.17) is 10.7 Å². The summed E-state index contributed by atoms with van der Waals surface area (Å²) in [7, 11) is 0. The molecule has 0 saturated heterocycles. The standard InChI is InChI=1S/C14H25N3/c1-3-7-12-16-13(11-8-5-6-9-11)14(15)17(12)10-4-2/h11H,3-10,15H2,1-2H3. The molecule has 0 radical (unpaired) electrons. The van der Waals surface area contributed by atoms with E-state index in [2.05, 4.69) is 18.4 Å². The summed E-state index contributed by atoms with van der Waals surface area (Å²) in [5.41, 5.74) is 7.49. The molecule has 3 heteroatoms. The fraction of sp³-hybridized carbons (Fsp3) is 0.786. The topological polar surface area (TPSA) is 43.8 Å². The van der Waals surface area contributed by atoms with Crippen molar-refractivity contribution < 1.29 is 0 Å². The fourth-order valence-corrected chi connectivity index (χ4v) is 2.92. The van der Waals surface area contributed by atoms with Gasteiger partial charge in [0.15, 0.2) is 0 Å². The van der Waals surface area contributed by atoms with Crippen LogP contribution in [0.25, 0.3) is 0 Å². The van der Waals surface area contributed by atoms with Gasteiger partial charge in [0, 0.05) is 18.9 Å². The van der Waals surface area contributed by atoms with E-state index in [1.807, 2.05) is 0 Å². The lowest BCUT2D eigenvalue weighted by atomic mass is 10.0. The zero-order valence-corrected chi connectivity index (χ0v) is 11.2. The highest BCUT2D eigenvalue weighted by atomic mass is 15.1. The molecule has 0 aliphatic heterocycles. The number of nitrogens with zero attached hydrogens (tertiary/aromatic N) is 2. The van der Waals surface area contributed by atoms with Crippen molar-refractivity contribution in [2.24, 2.45) is 0 Å². The molecule has 0 spiro atoms. The molecule has 0 amide bonds. The molecule has 0 atom stereocenters. The maximum Gasteiger partial charge on any atom is 0.127 e. The molecular formula is C14H25N3. The third kappa shape index (κ3) is 2.48.